The van der Waals surface area contributed by atoms with Crippen LogP contribution >= 0.6 is 0 Å². The van der Waals surface area contributed by atoms with E-state index in [1.807, 2.05) is 11.8 Å². The molecule has 0 aromatic heterocycles. The molecular formula is C13H24N2O3. The second-order valence-corrected chi connectivity index (χ2v) is 5.26. The summed E-state index contributed by atoms with van der Waals surface area (Å²) in [6.45, 7) is 4.57. The van der Waals surface area contributed by atoms with Gasteiger partial charge in [-0.05, 0) is 26.2 Å². The Hall–Kier alpha value is -0.650. The highest BCUT2D eigenvalue weighted by molar-refractivity contribution is 5.76. The molecule has 18 heavy (non-hydrogen) atoms. The number of ether oxygens (including phenoxy) is 2. The first kappa shape index (κ1) is 13.8. The fraction of sp³-hybridized carbons (Fsp3) is 0.923. The standard InChI is InChI=1S/C13H24N2O3/c1-10-9-18-12(7-14)8-15(10)13(16)5-4-11-3-2-6-17-11/h10-12H,2-9,14H2,1H3. The van der Waals surface area contributed by atoms with E-state index in [4.69, 9.17) is 15.2 Å². The number of nitrogens with two attached hydrogens (primary N) is 1. The lowest BCUT2D eigenvalue weighted by Crippen LogP contribution is -2.52. The van der Waals surface area contributed by atoms with E-state index in [0.717, 1.165) is 25.9 Å². The molecule has 5 heteroatoms. The molecule has 0 bridgehead atoms. The number of rotatable bonds is 4. The van der Waals surface area contributed by atoms with Crippen molar-refractivity contribution in [3.8, 4) is 0 Å². The van der Waals surface area contributed by atoms with Crippen molar-refractivity contribution in [2.45, 2.75) is 50.9 Å². The van der Waals surface area contributed by atoms with Crippen molar-refractivity contribution >= 4 is 5.91 Å². The SMILES string of the molecule is CC1COC(CN)CN1C(=O)CCC1CCCO1. The lowest BCUT2D eigenvalue weighted by atomic mass is 10.1. The Labute approximate surface area is 109 Å². The molecule has 104 valence electrons. The van der Waals surface area contributed by atoms with Gasteiger partial charge >= 0.3 is 0 Å². The molecule has 0 aliphatic carbocycles. The molecule has 2 N–H and O–H groups in total. The van der Waals surface area contributed by atoms with Crippen molar-refractivity contribution < 1.29 is 14.3 Å². The van der Waals surface area contributed by atoms with Crippen LogP contribution in [0.3, 0.4) is 0 Å². The minimum Gasteiger partial charge on any atom is -0.378 e. The van der Waals surface area contributed by atoms with Gasteiger partial charge in [-0.15, -0.1) is 0 Å². The van der Waals surface area contributed by atoms with Gasteiger partial charge in [0.25, 0.3) is 0 Å². The average Bonchev–Trinajstić information content (AvgIpc) is 2.89. The molecule has 5 nitrogen and oxygen atoms in total. The highest BCUT2D eigenvalue weighted by atomic mass is 16.5. The van der Waals surface area contributed by atoms with Crippen molar-refractivity contribution in [1.82, 2.24) is 4.90 Å². The Kier molecular flexibility index (Phi) is 4.97. The first-order valence-corrected chi connectivity index (χ1v) is 6.93. The summed E-state index contributed by atoms with van der Waals surface area (Å²) < 4.78 is 11.1. The largest absolute Gasteiger partial charge is 0.378 e. The third kappa shape index (κ3) is 3.43. The van der Waals surface area contributed by atoms with E-state index in [-0.39, 0.29) is 24.2 Å². The monoisotopic (exact) mass is 256 g/mol. The molecule has 0 saturated carbocycles. The van der Waals surface area contributed by atoms with Crippen LogP contribution in [0.1, 0.15) is 32.6 Å². The van der Waals surface area contributed by atoms with Crippen LogP contribution in [0.4, 0.5) is 0 Å². The van der Waals surface area contributed by atoms with Gasteiger partial charge in [0.1, 0.15) is 0 Å². The first-order valence-electron chi connectivity index (χ1n) is 6.93. The van der Waals surface area contributed by atoms with E-state index in [0.29, 0.717) is 26.1 Å². The second kappa shape index (κ2) is 6.50. The summed E-state index contributed by atoms with van der Waals surface area (Å²) >= 11 is 0. The van der Waals surface area contributed by atoms with Gasteiger partial charge in [-0.1, -0.05) is 0 Å². The maximum Gasteiger partial charge on any atom is 0.223 e. The highest BCUT2D eigenvalue weighted by Gasteiger charge is 2.29. The zero-order chi connectivity index (χ0) is 13.0. The van der Waals surface area contributed by atoms with Crippen LogP contribution in [0.5, 0.6) is 0 Å². The molecule has 3 unspecified atom stereocenters. The van der Waals surface area contributed by atoms with E-state index in [2.05, 4.69) is 0 Å². The Balaban J connectivity index is 1.78. The number of nitrogens with zero attached hydrogens (tertiary/aromatic N) is 1. The first-order chi connectivity index (χ1) is 8.70. The lowest BCUT2D eigenvalue weighted by Gasteiger charge is -2.37. The van der Waals surface area contributed by atoms with Gasteiger partial charge in [0.15, 0.2) is 0 Å². The van der Waals surface area contributed by atoms with E-state index in [1.165, 1.54) is 0 Å². The van der Waals surface area contributed by atoms with Crippen LogP contribution in [0, 0.1) is 0 Å². The summed E-state index contributed by atoms with van der Waals surface area (Å²) in [7, 11) is 0. The van der Waals surface area contributed by atoms with Crippen molar-refractivity contribution in [3.63, 3.8) is 0 Å². The number of hydrogen-bond donors (Lipinski definition) is 1. The number of amides is 1. The predicted octanol–water partition coefficient (Wildman–Crippen LogP) is 0.520. The highest BCUT2D eigenvalue weighted by Crippen LogP contribution is 2.19. The molecule has 0 aromatic rings. The minimum absolute atomic E-state index is 0.00659. The zero-order valence-corrected chi connectivity index (χ0v) is 11.1. The van der Waals surface area contributed by atoms with Crippen LogP contribution < -0.4 is 5.73 Å². The van der Waals surface area contributed by atoms with Gasteiger partial charge in [0.2, 0.25) is 5.91 Å². The molecule has 0 spiro atoms. The van der Waals surface area contributed by atoms with Crippen LogP contribution in [0.25, 0.3) is 0 Å². The molecule has 2 saturated heterocycles. The third-order valence-corrected chi connectivity index (χ3v) is 3.79. The van der Waals surface area contributed by atoms with Crippen molar-refractivity contribution in [3.05, 3.63) is 0 Å². The molecule has 2 rings (SSSR count). The quantitative estimate of drug-likeness (QED) is 0.796. The number of carbonyl (C=O) groups excluding carboxylic acids is 1. The van der Waals surface area contributed by atoms with Crippen LogP contribution in [-0.4, -0.2) is 55.4 Å². The Bertz CT molecular complexity index is 279. The van der Waals surface area contributed by atoms with Crippen LogP contribution in [0.15, 0.2) is 0 Å². The molecule has 3 atom stereocenters. The summed E-state index contributed by atoms with van der Waals surface area (Å²) in [5, 5.41) is 0. The molecule has 0 aromatic carbocycles. The molecule has 2 fully saturated rings. The second-order valence-electron chi connectivity index (χ2n) is 5.26. The minimum atomic E-state index is -0.00659. The molecule has 0 radical (unpaired) electrons. The average molecular weight is 256 g/mol. The van der Waals surface area contributed by atoms with E-state index in [1.54, 1.807) is 0 Å². The van der Waals surface area contributed by atoms with Crippen molar-refractivity contribution in [2.24, 2.45) is 5.73 Å². The van der Waals surface area contributed by atoms with Gasteiger partial charge in [-0.25, -0.2) is 0 Å². The smallest absolute Gasteiger partial charge is 0.223 e. The fourth-order valence-electron chi connectivity index (χ4n) is 2.61. The summed E-state index contributed by atoms with van der Waals surface area (Å²) in [6, 6.07) is 0.157. The Morgan fingerprint density at radius 3 is 2.89 bits per heavy atom. The molecule has 1 amide bonds. The fourth-order valence-corrected chi connectivity index (χ4v) is 2.61. The van der Waals surface area contributed by atoms with Crippen LogP contribution in [0.2, 0.25) is 0 Å². The summed E-state index contributed by atoms with van der Waals surface area (Å²) in [5.41, 5.74) is 5.60. The summed E-state index contributed by atoms with van der Waals surface area (Å²) in [6.07, 6.45) is 3.92. The normalized spacial score (nSPS) is 32.8. The summed E-state index contributed by atoms with van der Waals surface area (Å²) in [4.78, 5) is 14.1. The lowest BCUT2D eigenvalue weighted by molar-refractivity contribution is -0.144. The maximum absolute atomic E-state index is 12.2. The molecule has 2 aliphatic rings. The number of morpholine rings is 1. The number of hydrogen-bond acceptors (Lipinski definition) is 4. The maximum atomic E-state index is 12.2. The third-order valence-electron chi connectivity index (χ3n) is 3.79. The molecular weight excluding hydrogens is 232 g/mol. The number of carbonyl (C=O) groups is 1. The Morgan fingerprint density at radius 1 is 1.39 bits per heavy atom. The topological polar surface area (TPSA) is 64.8 Å². The van der Waals surface area contributed by atoms with Gasteiger partial charge in [0.05, 0.1) is 24.9 Å². The van der Waals surface area contributed by atoms with Crippen LogP contribution in [-0.2, 0) is 14.3 Å². The van der Waals surface area contributed by atoms with Crippen molar-refractivity contribution in [1.29, 1.82) is 0 Å². The predicted molar refractivity (Wildman–Crippen MR) is 68.2 cm³/mol. The van der Waals surface area contributed by atoms with Gasteiger partial charge in [-0.2, -0.15) is 0 Å². The van der Waals surface area contributed by atoms with Gasteiger partial charge < -0.3 is 20.1 Å². The molecule has 2 heterocycles. The zero-order valence-electron chi connectivity index (χ0n) is 11.1. The van der Waals surface area contributed by atoms with E-state index in [9.17, 15) is 4.79 Å². The van der Waals surface area contributed by atoms with E-state index >= 15 is 0 Å². The van der Waals surface area contributed by atoms with Gasteiger partial charge in [-0.3, -0.25) is 4.79 Å². The summed E-state index contributed by atoms with van der Waals surface area (Å²) in [5.74, 6) is 0.208. The van der Waals surface area contributed by atoms with Crippen molar-refractivity contribution in [2.75, 3.05) is 26.3 Å². The molecule has 2 aliphatic heterocycles. The Morgan fingerprint density at radius 2 is 2.22 bits per heavy atom. The van der Waals surface area contributed by atoms with Gasteiger partial charge in [0, 0.05) is 26.1 Å². The van der Waals surface area contributed by atoms with E-state index < -0.39 is 0 Å².